The third kappa shape index (κ3) is 6.30. The molecule has 0 saturated carbocycles. The summed E-state index contributed by atoms with van der Waals surface area (Å²) in [6.07, 6.45) is 1.56. The van der Waals surface area contributed by atoms with E-state index >= 15 is 0 Å². The molecule has 0 saturated heterocycles. The first-order valence-corrected chi connectivity index (χ1v) is 6.52. The lowest BCUT2D eigenvalue weighted by Gasteiger charge is -2.19. The zero-order valence-corrected chi connectivity index (χ0v) is 12.5. The van der Waals surface area contributed by atoms with E-state index in [-0.39, 0.29) is 0 Å². The Balaban J connectivity index is 2.38. The number of aromatic nitrogens is 1. The molecule has 0 atom stereocenters. The fourth-order valence-electron chi connectivity index (χ4n) is 1.25. The lowest BCUT2D eigenvalue weighted by Crippen LogP contribution is -2.32. The molecular weight excluding hydrogens is 278 g/mol. The quantitative estimate of drug-likeness (QED) is 0.499. The summed E-state index contributed by atoms with van der Waals surface area (Å²) >= 11 is 5.69. The summed E-state index contributed by atoms with van der Waals surface area (Å²) in [5.74, 6) is 5.77. The maximum absolute atomic E-state index is 11.4. The van der Waals surface area contributed by atoms with Crippen molar-refractivity contribution in [2.24, 2.45) is 0 Å². The molecule has 5 nitrogen and oxygen atoms in total. The van der Waals surface area contributed by atoms with E-state index in [1.54, 1.807) is 6.07 Å². The second kappa shape index (κ2) is 7.01. The van der Waals surface area contributed by atoms with Crippen LogP contribution in [0.1, 0.15) is 32.8 Å². The van der Waals surface area contributed by atoms with Gasteiger partial charge in [-0.3, -0.25) is 0 Å². The number of nitrogens with zero attached hydrogens (tertiary/aromatic N) is 1. The van der Waals surface area contributed by atoms with E-state index in [4.69, 9.17) is 22.1 Å². The van der Waals surface area contributed by atoms with Crippen molar-refractivity contribution < 1.29 is 9.53 Å². The molecule has 0 aliphatic carbocycles. The van der Waals surface area contributed by atoms with Crippen LogP contribution >= 0.6 is 11.6 Å². The van der Waals surface area contributed by atoms with Crippen LogP contribution in [-0.2, 0) is 4.74 Å². The number of carbonyl (C=O) groups excluding carboxylic acids is 1. The van der Waals surface area contributed by atoms with Crippen LogP contribution in [0.15, 0.2) is 12.3 Å². The Labute approximate surface area is 123 Å². The third-order valence-electron chi connectivity index (χ3n) is 2.04. The molecule has 108 valence electrons. The van der Waals surface area contributed by atoms with Crippen molar-refractivity contribution in [3.05, 3.63) is 23.0 Å². The molecule has 0 unspecified atom stereocenters. The maximum Gasteiger partial charge on any atom is 0.407 e. The summed E-state index contributed by atoms with van der Waals surface area (Å²) in [6.45, 7) is 5.83. The average Bonchev–Trinajstić information content (AvgIpc) is 2.28. The van der Waals surface area contributed by atoms with E-state index in [0.717, 1.165) is 0 Å². The molecule has 0 aliphatic heterocycles. The number of anilines is 1. The largest absolute Gasteiger partial charge is 0.444 e. The van der Waals surface area contributed by atoms with Gasteiger partial charge in [-0.2, -0.15) is 0 Å². The molecule has 0 aliphatic rings. The first kappa shape index (κ1) is 16.1. The molecule has 1 heterocycles. The van der Waals surface area contributed by atoms with Crippen LogP contribution < -0.4 is 11.1 Å². The van der Waals surface area contributed by atoms with Crippen LogP contribution in [0, 0.1) is 11.8 Å². The number of alkyl carbamates (subject to hydrolysis) is 1. The van der Waals surface area contributed by atoms with Crippen molar-refractivity contribution >= 4 is 23.4 Å². The number of pyridine rings is 1. The van der Waals surface area contributed by atoms with Crippen molar-refractivity contribution in [3.8, 4) is 11.8 Å². The Kier molecular flexibility index (Phi) is 5.66. The molecule has 1 aromatic rings. The highest BCUT2D eigenvalue weighted by Gasteiger charge is 2.15. The SMILES string of the molecule is CC(C)(C)OC(=O)NCCC#Cc1cnc(Cl)cc1N. The number of nitrogen functional groups attached to an aromatic ring is 1. The van der Waals surface area contributed by atoms with Gasteiger partial charge in [-0.05, 0) is 26.8 Å². The van der Waals surface area contributed by atoms with Crippen LogP contribution in [0.3, 0.4) is 0 Å². The first-order valence-electron chi connectivity index (χ1n) is 6.14. The number of carbonyl (C=O) groups is 1. The Hall–Kier alpha value is -1.93. The minimum Gasteiger partial charge on any atom is -0.444 e. The summed E-state index contributed by atoms with van der Waals surface area (Å²) in [5.41, 5.74) is 6.34. The Morgan fingerprint density at radius 2 is 2.25 bits per heavy atom. The van der Waals surface area contributed by atoms with Crippen molar-refractivity contribution in [1.82, 2.24) is 10.3 Å². The Morgan fingerprint density at radius 3 is 2.85 bits per heavy atom. The molecule has 20 heavy (non-hydrogen) atoms. The number of amides is 1. The molecule has 1 rings (SSSR count). The second-order valence-corrected chi connectivity index (χ2v) is 5.46. The van der Waals surface area contributed by atoms with Gasteiger partial charge in [-0.1, -0.05) is 23.4 Å². The minimum atomic E-state index is -0.501. The number of rotatable bonds is 2. The smallest absolute Gasteiger partial charge is 0.407 e. The van der Waals surface area contributed by atoms with Crippen LogP contribution in [-0.4, -0.2) is 23.2 Å². The molecule has 0 aromatic carbocycles. The van der Waals surface area contributed by atoms with Gasteiger partial charge in [0.15, 0.2) is 0 Å². The summed E-state index contributed by atoms with van der Waals surface area (Å²) in [5, 5.41) is 2.95. The van der Waals surface area contributed by atoms with E-state index in [9.17, 15) is 4.79 Å². The molecule has 0 fully saturated rings. The predicted molar refractivity (Wildman–Crippen MR) is 79.4 cm³/mol. The first-order chi connectivity index (χ1) is 9.28. The number of nitrogens with two attached hydrogens (primary N) is 1. The molecular formula is C14H18ClN3O2. The van der Waals surface area contributed by atoms with E-state index in [1.807, 2.05) is 20.8 Å². The van der Waals surface area contributed by atoms with Crippen molar-refractivity contribution in [2.75, 3.05) is 12.3 Å². The van der Waals surface area contributed by atoms with Crippen LogP contribution in [0.25, 0.3) is 0 Å². The van der Waals surface area contributed by atoms with Gasteiger partial charge in [-0.25, -0.2) is 9.78 Å². The number of hydrogen-bond acceptors (Lipinski definition) is 4. The molecule has 1 aromatic heterocycles. The molecule has 6 heteroatoms. The summed E-state index contributed by atoms with van der Waals surface area (Å²) in [7, 11) is 0. The molecule has 0 bridgehead atoms. The van der Waals surface area contributed by atoms with Gasteiger partial charge in [0.1, 0.15) is 10.8 Å². The fraction of sp³-hybridized carbons (Fsp3) is 0.429. The van der Waals surface area contributed by atoms with E-state index in [2.05, 4.69) is 22.1 Å². The number of hydrogen-bond donors (Lipinski definition) is 2. The monoisotopic (exact) mass is 295 g/mol. The summed E-state index contributed by atoms with van der Waals surface area (Å²) < 4.78 is 5.09. The number of halogens is 1. The minimum absolute atomic E-state index is 0.333. The zero-order chi connectivity index (χ0) is 15.2. The normalized spacial score (nSPS) is 10.4. The van der Waals surface area contributed by atoms with Gasteiger partial charge in [0, 0.05) is 19.2 Å². The highest BCUT2D eigenvalue weighted by Crippen LogP contribution is 2.13. The second-order valence-electron chi connectivity index (χ2n) is 5.07. The number of nitrogens with one attached hydrogen (secondary N) is 1. The lowest BCUT2D eigenvalue weighted by molar-refractivity contribution is 0.0529. The topological polar surface area (TPSA) is 77.2 Å². The Bertz CT molecular complexity index is 542. The zero-order valence-electron chi connectivity index (χ0n) is 11.8. The van der Waals surface area contributed by atoms with E-state index in [1.165, 1.54) is 6.20 Å². The Morgan fingerprint density at radius 1 is 1.55 bits per heavy atom. The third-order valence-corrected chi connectivity index (χ3v) is 2.25. The van der Waals surface area contributed by atoms with Gasteiger partial charge < -0.3 is 15.8 Å². The van der Waals surface area contributed by atoms with Crippen molar-refractivity contribution in [2.45, 2.75) is 32.8 Å². The fourth-order valence-corrected chi connectivity index (χ4v) is 1.41. The molecule has 0 spiro atoms. The van der Waals surface area contributed by atoms with Crippen molar-refractivity contribution in [3.63, 3.8) is 0 Å². The molecule has 1 amide bonds. The van der Waals surface area contributed by atoms with E-state index < -0.39 is 11.7 Å². The molecule has 3 N–H and O–H groups in total. The van der Waals surface area contributed by atoms with Crippen LogP contribution in [0.2, 0.25) is 5.15 Å². The van der Waals surface area contributed by atoms with E-state index in [0.29, 0.717) is 29.4 Å². The van der Waals surface area contributed by atoms with Crippen molar-refractivity contribution in [1.29, 1.82) is 0 Å². The highest BCUT2D eigenvalue weighted by molar-refractivity contribution is 6.29. The van der Waals surface area contributed by atoms with Gasteiger partial charge in [0.2, 0.25) is 0 Å². The van der Waals surface area contributed by atoms with Crippen LogP contribution in [0.5, 0.6) is 0 Å². The lowest BCUT2D eigenvalue weighted by atomic mass is 10.2. The van der Waals surface area contributed by atoms with Gasteiger partial charge in [0.05, 0.1) is 11.3 Å². The predicted octanol–water partition coefficient (Wildman–Crippen LogP) is 2.58. The average molecular weight is 296 g/mol. The standard InChI is InChI=1S/C14H18ClN3O2/c1-14(2,3)20-13(19)17-7-5-4-6-10-9-18-12(15)8-11(10)16/h8-9H,5,7H2,1-3H3,(H2,16,18)(H,17,19). The van der Waals surface area contributed by atoms with Crippen LogP contribution in [0.4, 0.5) is 10.5 Å². The summed E-state index contributed by atoms with van der Waals surface area (Å²) in [6, 6.07) is 1.55. The maximum atomic E-state index is 11.4. The summed E-state index contributed by atoms with van der Waals surface area (Å²) in [4.78, 5) is 15.3. The van der Waals surface area contributed by atoms with Gasteiger partial charge in [-0.15, -0.1) is 0 Å². The van der Waals surface area contributed by atoms with Gasteiger partial charge >= 0.3 is 6.09 Å². The number of ether oxygens (including phenoxy) is 1. The van der Waals surface area contributed by atoms with Gasteiger partial charge in [0.25, 0.3) is 0 Å². The highest BCUT2D eigenvalue weighted by atomic mass is 35.5. The molecule has 0 radical (unpaired) electrons.